The largest absolute Gasteiger partial charge is 0.496 e. The maximum atomic E-state index is 13.1. The molecular formula is C19H25F3N2O2. The first-order chi connectivity index (χ1) is 12.3. The number of benzene rings is 1. The molecule has 2 atom stereocenters. The molecule has 1 saturated heterocycles. The number of carbonyl (C=O) groups is 1. The van der Waals surface area contributed by atoms with Crippen molar-refractivity contribution in [2.75, 3.05) is 20.2 Å². The zero-order valence-corrected chi connectivity index (χ0v) is 15.2. The van der Waals surface area contributed by atoms with Crippen molar-refractivity contribution in [1.29, 1.82) is 0 Å². The van der Waals surface area contributed by atoms with E-state index < -0.39 is 11.7 Å². The van der Waals surface area contributed by atoms with Crippen LogP contribution in [-0.2, 0) is 6.18 Å². The minimum Gasteiger partial charge on any atom is -0.496 e. The first-order valence-electron chi connectivity index (χ1n) is 9.12. The van der Waals surface area contributed by atoms with Gasteiger partial charge in [-0.2, -0.15) is 13.2 Å². The maximum Gasteiger partial charge on any atom is 0.416 e. The Morgan fingerprint density at radius 2 is 1.88 bits per heavy atom. The summed E-state index contributed by atoms with van der Waals surface area (Å²) in [6.07, 6.45) is 0.892. The fourth-order valence-corrected chi connectivity index (χ4v) is 4.31. The lowest BCUT2D eigenvalue weighted by molar-refractivity contribution is -0.138. The predicted molar refractivity (Wildman–Crippen MR) is 92.4 cm³/mol. The highest BCUT2D eigenvalue weighted by atomic mass is 19.4. The van der Waals surface area contributed by atoms with Gasteiger partial charge in [0, 0.05) is 17.6 Å². The third kappa shape index (κ3) is 3.68. The van der Waals surface area contributed by atoms with Crippen LogP contribution in [0.25, 0.3) is 0 Å². The van der Waals surface area contributed by atoms with Gasteiger partial charge in [-0.25, -0.2) is 0 Å². The summed E-state index contributed by atoms with van der Waals surface area (Å²) >= 11 is 0. The highest BCUT2D eigenvalue weighted by Crippen LogP contribution is 2.37. The van der Waals surface area contributed by atoms with Crippen LogP contribution in [0.2, 0.25) is 0 Å². The summed E-state index contributed by atoms with van der Waals surface area (Å²) in [5, 5.41) is 3.04. The standard InChI is InChI=1S/C19H25F3N2O2/c1-12-14(19(20,21)22)9-8-13(17(12)26-2)18(25)23-15-6-5-7-16(15)24-10-3-4-11-24/h8-9,15-16H,3-7,10-11H2,1-2H3,(H,23,25)/t15-,16+/m1/s1. The number of alkyl halides is 3. The number of rotatable bonds is 4. The van der Waals surface area contributed by atoms with Crippen LogP contribution >= 0.6 is 0 Å². The van der Waals surface area contributed by atoms with Gasteiger partial charge in [-0.15, -0.1) is 0 Å². The fourth-order valence-electron chi connectivity index (χ4n) is 4.31. The Morgan fingerprint density at radius 3 is 2.50 bits per heavy atom. The summed E-state index contributed by atoms with van der Waals surface area (Å²) < 4.78 is 44.4. The number of nitrogens with one attached hydrogen (secondary N) is 1. The molecule has 0 unspecified atom stereocenters. The molecule has 2 fully saturated rings. The maximum absolute atomic E-state index is 13.1. The molecule has 2 aliphatic rings. The molecule has 1 amide bonds. The topological polar surface area (TPSA) is 41.6 Å². The van der Waals surface area contributed by atoms with Crippen LogP contribution in [0.15, 0.2) is 12.1 Å². The third-order valence-corrected chi connectivity index (χ3v) is 5.57. The first-order valence-corrected chi connectivity index (χ1v) is 9.12. The van der Waals surface area contributed by atoms with Gasteiger partial charge in [-0.3, -0.25) is 9.69 Å². The molecule has 1 aliphatic carbocycles. The Balaban J connectivity index is 1.80. The lowest BCUT2D eigenvalue weighted by atomic mass is 10.0. The smallest absolute Gasteiger partial charge is 0.416 e. The number of hydrogen-bond donors (Lipinski definition) is 1. The number of methoxy groups -OCH3 is 1. The summed E-state index contributed by atoms with van der Waals surface area (Å²) in [5.74, 6) is -0.372. The van der Waals surface area contributed by atoms with E-state index >= 15 is 0 Å². The van der Waals surface area contributed by atoms with Gasteiger partial charge in [0.2, 0.25) is 0 Å². The summed E-state index contributed by atoms with van der Waals surface area (Å²) in [6, 6.07) is 2.53. The van der Waals surface area contributed by atoms with E-state index in [9.17, 15) is 18.0 Å². The van der Waals surface area contributed by atoms with Gasteiger partial charge in [0.25, 0.3) is 5.91 Å². The number of carbonyl (C=O) groups excluding carboxylic acids is 1. The van der Waals surface area contributed by atoms with E-state index in [1.165, 1.54) is 32.9 Å². The van der Waals surface area contributed by atoms with Crippen molar-refractivity contribution in [3.05, 3.63) is 28.8 Å². The van der Waals surface area contributed by atoms with E-state index in [1.54, 1.807) is 0 Å². The molecule has 1 aromatic carbocycles. The first kappa shape index (κ1) is 19.0. The second-order valence-corrected chi connectivity index (χ2v) is 7.14. The predicted octanol–water partition coefficient (Wildman–Crippen LogP) is 3.77. The lowest BCUT2D eigenvalue weighted by Crippen LogP contribution is -2.47. The zero-order valence-electron chi connectivity index (χ0n) is 15.2. The van der Waals surface area contributed by atoms with Gasteiger partial charge in [-0.05, 0) is 64.3 Å². The van der Waals surface area contributed by atoms with Crippen molar-refractivity contribution in [3.63, 3.8) is 0 Å². The minimum absolute atomic E-state index is 0.00644. The minimum atomic E-state index is -4.47. The van der Waals surface area contributed by atoms with Crippen molar-refractivity contribution >= 4 is 5.91 Å². The molecule has 26 heavy (non-hydrogen) atoms. The molecule has 0 spiro atoms. The zero-order chi connectivity index (χ0) is 18.9. The quantitative estimate of drug-likeness (QED) is 0.877. The van der Waals surface area contributed by atoms with E-state index in [1.807, 2.05) is 0 Å². The highest BCUT2D eigenvalue weighted by Gasteiger charge is 2.37. The normalized spacial score (nSPS) is 24.0. The monoisotopic (exact) mass is 370 g/mol. The van der Waals surface area contributed by atoms with Gasteiger partial charge in [-0.1, -0.05) is 0 Å². The van der Waals surface area contributed by atoms with Gasteiger partial charge in [0.15, 0.2) is 0 Å². The average Bonchev–Trinajstić information content (AvgIpc) is 3.24. The van der Waals surface area contributed by atoms with E-state index in [2.05, 4.69) is 10.2 Å². The Hall–Kier alpha value is -1.76. The average molecular weight is 370 g/mol. The Kier molecular flexibility index (Phi) is 5.46. The molecule has 0 radical (unpaired) electrons. The van der Waals surface area contributed by atoms with Crippen LogP contribution in [-0.4, -0.2) is 43.1 Å². The van der Waals surface area contributed by atoms with Crippen LogP contribution in [0.4, 0.5) is 13.2 Å². The molecule has 3 rings (SSSR count). The number of ether oxygens (including phenoxy) is 1. The molecular weight excluding hydrogens is 345 g/mol. The molecule has 1 N–H and O–H groups in total. The number of hydrogen-bond acceptors (Lipinski definition) is 3. The van der Waals surface area contributed by atoms with Crippen molar-refractivity contribution in [2.24, 2.45) is 0 Å². The second kappa shape index (κ2) is 7.47. The Labute approximate surface area is 151 Å². The van der Waals surface area contributed by atoms with Gasteiger partial charge in [0.1, 0.15) is 5.75 Å². The van der Waals surface area contributed by atoms with Gasteiger partial charge >= 0.3 is 6.18 Å². The number of nitrogens with zero attached hydrogens (tertiary/aromatic N) is 1. The van der Waals surface area contributed by atoms with Crippen molar-refractivity contribution < 1.29 is 22.7 Å². The molecule has 1 aromatic rings. The van der Waals surface area contributed by atoms with Gasteiger partial charge in [0.05, 0.1) is 18.2 Å². The van der Waals surface area contributed by atoms with E-state index in [0.29, 0.717) is 6.04 Å². The molecule has 7 heteroatoms. The fraction of sp³-hybridized carbons (Fsp3) is 0.632. The highest BCUT2D eigenvalue weighted by molar-refractivity contribution is 5.97. The summed E-state index contributed by atoms with van der Waals surface area (Å²) in [5.41, 5.74) is -0.679. The summed E-state index contributed by atoms with van der Waals surface area (Å²) in [7, 11) is 1.29. The number of halogens is 3. The Morgan fingerprint density at radius 1 is 1.19 bits per heavy atom. The lowest BCUT2D eigenvalue weighted by Gasteiger charge is -2.30. The van der Waals surface area contributed by atoms with Crippen molar-refractivity contribution in [3.8, 4) is 5.75 Å². The molecule has 144 valence electrons. The van der Waals surface area contributed by atoms with Crippen LogP contribution < -0.4 is 10.1 Å². The van der Waals surface area contributed by atoms with Crippen LogP contribution in [0, 0.1) is 6.92 Å². The molecule has 1 saturated carbocycles. The van der Waals surface area contributed by atoms with E-state index in [-0.39, 0.29) is 28.8 Å². The Bertz CT molecular complexity index is 669. The number of likely N-dealkylation sites (tertiary alicyclic amines) is 1. The molecule has 1 heterocycles. The molecule has 0 bridgehead atoms. The van der Waals surface area contributed by atoms with Crippen LogP contribution in [0.5, 0.6) is 5.75 Å². The van der Waals surface area contributed by atoms with Crippen LogP contribution in [0.3, 0.4) is 0 Å². The molecule has 4 nitrogen and oxygen atoms in total. The van der Waals surface area contributed by atoms with Crippen molar-refractivity contribution in [2.45, 2.75) is 57.3 Å². The SMILES string of the molecule is COc1c(C(=O)N[C@@H]2CCC[C@@H]2N2CCCC2)ccc(C(F)(F)F)c1C. The summed E-state index contributed by atoms with van der Waals surface area (Å²) in [4.78, 5) is 15.2. The third-order valence-electron chi connectivity index (χ3n) is 5.57. The molecule has 0 aromatic heterocycles. The van der Waals surface area contributed by atoms with Crippen molar-refractivity contribution in [1.82, 2.24) is 10.2 Å². The molecule has 1 aliphatic heterocycles. The second-order valence-electron chi connectivity index (χ2n) is 7.14. The van der Waals surface area contributed by atoms with E-state index in [4.69, 9.17) is 4.74 Å². The number of amides is 1. The summed E-state index contributed by atoms with van der Waals surface area (Å²) in [6.45, 7) is 3.44. The van der Waals surface area contributed by atoms with Crippen LogP contribution in [0.1, 0.15) is 53.6 Å². The van der Waals surface area contributed by atoms with Gasteiger partial charge < -0.3 is 10.1 Å². The van der Waals surface area contributed by atoms with E-state index in [0.717, 1.165) is 38.4 Å².